The number of rotatable bonds is 7. The molecular weight excluding hydrogens is 770 g/mol. The van der Waals surface area contributed by atoms with E-state index < -0.39 is 110 Å². The first-order valence-corrected chi connectivity index (χ1v) is 18.6. The highest BCUT2D eigenvalue weighted by Crippen LogP contribution is 2.49. The summed E-state index contributed by atoms with van der Waals surface area (Å²) in [5.74, 6) is -3.00. The van der Waals surface area contributed by atoms with Crippen LogP contribution < -0.4 is 14.8 Å². The Morgan fingerprint density at radius 2 is 1.93 bits per heavy atom. The minimum absolute atomic E-state index is 0.0514. The van der Waals surface area contributed by atoms with Crippen LogP contribution in [0.15, 0.2) is 18.2 Å². The number of carbonyl (C=O) groups is 2. The monoisotopic (exact) mass is 806 g/mol. The van der Waals surface area contributed by atoms with Crippen molar-refractivity contribution in [3.63, 3.8) is 0 Å². The number of hydrogen-bond donors (Lipinski definition) is 2. The highest BCUT2D eigenvalue weighted by atomic mass is 32.1. The Hall–Kier alpha value is -5.09. The number of ether oxygens (including phenoxy) is 3. The fourth-order valence-corrected chi connectivity index (χ4v) is 8.99. The minimum Gasteiger partial charge on any atom is -0.471 e. The fraction of sp³-hybridized carbons (Fsp3) is 0.486. The van der Waals surface area contributed by atoms with Crippen LogP contribution in [-0.2, 0) is 10.9 Å². The molecule has 3 fully saturated rings. The second-order valence-electron chi connectivity index (χ2n) is 15.2. The van der Waals surface area contributed by atoms with Gasteiger partial charge in [0.1, 0.15) is 46.9 Å². The standard InChI is InChI=1S/C37H36F6N6O6S/c1-17-24(8-11-49(17)34(51)52)54-30-20-12-22(37(41,42)43)26(27(40)28(20)45-32(46-30)53-16-36-9-5-10-48(36)15-18(38)13-36)19-6-7-23(39)29-25(19)21(14-44)31(56-29)47-33(50)55-35(2,3)4/h6-7,12,17-18,24H,5,8-11,13,15-16H2,1-4H3,(H,47,50)(H,51,52)/t17-,18-,24-,36+/m1/s1. The predicted molar refractivity (Wildman–Crippen MR) is 192 cm³/mol. The van der Waals surface area contributed by atoms with Crippen molar-refractivity contribution in [2.24, 2.45) is 0 Å². The molecule has 3 aliphatic heterocycles. The SMILES string of the molecule is C[C@@H]1[C@H](Oc2nc(OC[C@@]34CCCN3C[C@H](F)C4)nc3c(F)c(-c4ccc(F)c5sc(NC(=O)OC(C)(C)C)c(C#N)c45)c(C(F)(F)F)cc23)CCN1C(=O)O. The van der Waals surface area contributed by atoms with Crippen molar-refractivity contribution >= 4 is 49.5 Å². The predicted octanol–water partition coefficient (Wildman–Crippen LogP) is 8.50. The van der Waals surface area contributed by atoms with E-state index in [0.717, 1.165) is 23.5 Å². The van der Waals surface area contributed by atoms with Gasteiger partial charge in [-0.1, -0.05) is 6.07 Å². The summed E-state index contributed by atoms with van der Waals surface area (Å²) in [5, 5.41) is 21.0. The number of alkyl halides is 4. The number of nitriles is 1. The topological polar surface area (TPSA) is 150 Å². The van der Waals surface area contributed by atoms with Crippen molar-refractivity contribution in [2.75, 3.05) is 31.6 Å². The molecule has 5 heterocycles. The Labute approximate surface area is 319 Å². The Kier molecular flexibility index (Phi) is 9.88. The molecule has 0 bridgehead atoms. The number of thiophene rings is 1. The molecule has 0 saturated carbocycles. The van der Waals surface area contributed by atoms with Crippen molar-refractivity contribution in [3.8, 4) is 29.1 Å². The summed E-state index contributed by atoms with van der Waals surface area (Å²) in [6.45, 7) is 7.04. The van der Waals surface area contributed by atoms with E-state index in [2.05, 4.69) is 15.3 Å². The third-order valence-electron chi connectivity index (χ3n) is 10.4. The molecule has 0 unspecified atom stereocenters. The van der Waals surface area contributed by atoms with Gasteiger partial charge in [-0.15, -0.1) is 11.3 Å². The zero-order valence-electron chi connectivity index (χ0n) is 30.5. The van der Waals surface area contributed by atoms with Gasteiger partial charge in [-0.05, 0) is 64.8 Å². The molecule has 3 aliphatic rings. The lowest BCUT2D eigenvalue weighted by Crippen LogP contribution is -2.43. The van der Waals surface area contributed by atoms with E-state index in [9.17, 15) is 24.3 Å². The van der Waals surface area contributed by atoms with Gasteiger partial charge in [-0.25, -0.2) is 22.8 Å². The van der Waals surface area contributed by atoms with Crippen LogP contribution in [0.3, 0.4) is 0 Å². The van der Waals surface area contributed by atoms with Crippen LogP contribution in [0.4, 0.5) is 40.9 Å². The fourth-order valence-electron chi connectivity index (χ4n) is 7.92. The maximum Gasteiger partial charge on any atom is 0.417 e. The molecule has 4 aromatic rings. The van der Waals surface area contributed by atoms with Gasteiger partial charge in [-0.2, -0.15) is 28.4 Å². The van der Waals surface area contributed by atoms with Crippen molar-refractivity contribution in [3.05, 3.63) is 41.0 Å². The summed E-state index contributed by atoms with van der Waals surface area (Å²) in [5.41, 5.74) is -5.93. The molecule has 56 heavy (non-hydrogen) atoms. The zero-order chi connectivity index (χ0) is 40.5. The van der Waals surface area contributed by atoms with Crippen LogP contribution >= 0.6 is 11.3 Å². The summed E-state index contributed by atoms with van der Waals surface area (Å²) in [6.07, 6.45) is -7.86. The summed E-state index contributed by atoms with van der Waals surface area (Å²) >= 11 is 0.557. The number of benzene rings is 2. The summed E-state index contributed by atoms with van der Waals surface area (Å²) in [6, 6.07) is 2.86. The summed E-state index contributed by atoms with van der Waals surface area (Å²) in [7, 11) is 0. The van der Waals surface area contributed by atoms with Crippen LogP contribution in [0.5, 0.6) is 11.9 Å². The molecule has 2 aromatic heterocycles. The number of likely N-dealkylation sites (tertiary alicyclic amines) is 1. The number of nitrogens with zero attached hydrogens (tertiary/aromatic N) is 5. The van der Waals surface area contributed by atoms with Crippen LogP contribution in [0, 0.1) is 23.0 Å². The number of halogens is 6. The van der Waals surface area contributed by atoms with E-state index >= 15 is 22.0 Å². The summed E-state index contributed by atoms with van der Waals surface area (Å²) < 4.78 is 109. The van der Waals surface area contributed by atoms with Gasteiger partial charge >= 0.3 is 24.4 Å². The Morgan fingerprint density at radius 1 is 1.18 bits per heavy atom. The third kappa shape index (κ3) is 7.08. The van der Waals surface area contributed by atoms with E-state index in [1.165, 1.54) is 0 Å². The number of nitrogens with one attached hydrogen (secondary N) is 1. The van der Waals surface area contributed by atoms with E-state index in [0.29, 0.717) is 30.4 Å². The first-order chi connectivity index (χ1) is 26.3. The molecule has 7 rings (SSSR count). The van der Waals surface area contributed by atoms with Gasteiger partial charge in [0.25, 0.3) is 0 Å². The maximum atomic E-state index is 17.2. The van der Waals surface area contributed by atoms with Crippen LogP contribution in [0.2, 0.25) is 0 Å². The molecule has 19 heteroatoms. The van der Waals surface area contributed by atoms with Crippen molar-refractivity contribution < 1.29 is 55.2 Å². The van der Waals surface area contributed by atoms with Gasteiger partial charge in [0.2, 0.25) is 5.88 Å². The molecule has 0 aliphatic carbocycles. The van der Waals surface area contributed by atoms with Crippen LogP contribution in [0.1, 0.15) is 64.5 Å². The van der Waals surface area contributed by atoms with Crippen molar-refractivity contribution in [2.45, 2.75) is 89.0 Å². The Balaban J connectivity index is 1.41. The van der Waals surface area contributed by atoms with Gasteiger partial charge in [0.15, 0.2) is 5.82 Å². The quantitative estimate of drug-likeness (QED) is 0.174. The molecule has 2 aromatic carbocycles. The van der Waals surface area contributed by atoms with E-state index in [-0.39, 0.29) is 42.2 Å². The van der Waals surface area contributed by atoms with E-state index in [1.54, 1.807) is 33.8 Å². The average molecular weight is 807 g/mol. The molecule has 3 saturated heterocycles. The number of anilines is 1. The first kappa shape index (κ1) is 39.2. The lowest BCUT2D eigenvalue weighted by atomic mass is 9.92. The van der Waals surface area contributed by atoms with Gasteiger partial charge in [0.05, 0.1) is 32.8 Å². The molecule has 4 atom stereocenters. The van der Waals surface area contributed by atoms with Crippen LogP contribution in [-0.4, -0.2) is 92.8 Å². The Morgan fingerprint density at radius 3 is 2.59 bits per heavy atom. The van der Waals surface area contributed by atoms with Crippen LogP contribution in [0.25, 0.3) is 32.1 Å². The molecule has 12 nitrogen and oxygen atoms in total. The lowest BCUT2D eigenvalue weighted by Gasteiger charge is -2.31. The lowest BCUT2D eigenvalue weighted by molar-refractivity contribution is -0.137. The number of hydrogen-bond acceptors (Lipinski definition) is 10. The molecule has 0 spiro atoms. The largest absolute Gasteiger partial charge is 0.471 e. The van der Waals surface area contributed by atoms with Gasteiger partial charge in [0, 0.05) is 36.9 Å². The molecule has 2 N–H and O–H groups in total. The zero-order valence-corrected chi connectivity index (χ0v) is 31.3. The summed E-state index contributed by atoms with van der Waals surface area (Å²) in [4.78, 5) is 35.9. The Bertz CT molecular complexity index is 2290. The van der Waals surface area contributed by atoms with E-state index in [4.69, 9.17) is 14.2 Å². The molecule has 2 amide bonds. The highest BCUT2D eigenvalue weighted by Gasteiger charge is 2.49. The first-order valence-electron chi connectivity index (χ1n) is 17.8. The molecule has 0 radical (unpaired) electrons. The molecular formula is C37H36F6N6O6S. The third-order valence-corrected chi connectivity index (χ3v) is 11.5. The number of carbonyl (C=O) groups excluding carboxylic acids is 1. The normalized spacial score (nSPS) is 22.7. The number of fused-ring (bicyclic) bond motifs is 3. The average Bonchev–Trinajstić information content (AvgIpc) is 3.84. The number of aromatic nitrogens is 2. The smallest absolute Gasteiger partial charge is 0.417 e. The van der Waals surface area contributed by atoms with Gasteiger partial charge < -0.3 is 24.2 Å². The minimum atomic E-state index is -5.25. The molecule has 298 valence electrons. The highest BCUT2D eigenvalue weighted by molar-refractivity contribution is 7.23. The second kappa shape index (κ2) is 14.1. The number of amides is 2. The number of carboxylic acid groups (broad SMARTS) is 1. The van der Waals surface area contributed by atoms with E-state index in [1.807, 2.05) is 4.90 Å². The van der Waals surface area contributed by atoms with Gasteiger partial charge in [-0.3, -0.25) is 10.2 Å². The van der Waals surface area contributed by atoms with Crippen molar-refractivity contribution in [1.29, 1.82) is 5.26 Å². The second-order valence-corrected chi connectivity index (χ2v) is 16.2. The maximum absolute atomic E-state index is 17.2. The van der Waals surface area contributed by atoms with Crippen molar-refractivity contribution in [1.82, 2.24) is 19.8 Å².